The number of H-pyrrole nitrogens is 1. The first-order valence-corrected chi connectivity index (χ1v) is 10.5. The van der Waals surface area contributed by atoms with Gasteiger partial charge in [-0.2, -0.15) is 0 Å². The number of halogens is 2. The molecule has 1 aliphatic rings. The average Bonchev–Trinajstić information content (AvgIpc) is 3.24. The van der Waals surface area contributed by atoms with Gasteiger partial charge < -0.3 is 14.6 Å². The number of hydrogen-bond acceptors (Lipinski definition) is 5. The van der Waals surface area contributed by atoms with Crippen LogP contribution in [0.1, 0.15) is 33.4 Å². The van der Waals surface area contributed by atoms with Gasteiger partial charge in [0.25, 0.3) is 0 Å². The molecule has 1 aliphatic heterocycles. The minimum Gasteiger partial charge on any atom is -0.464 e. The van der Waals surface area contributed by atoms with Crippen LogP contribution < -0.4 is 4.90 Å². The second-order valence-corrected chi connectivity index (χ2v) is 7.99. The number of ether oxygens (including phenoxy) is 1. The molecule has 0 saturated heterocycles. The van der Waals surface area contributed by atoms with Crippen molar-refractivity contribution in [1.29, 1.82) is 0 Å². The van der Waals surface area contributed by atoms with Crippen LogP contribution in [0.3, 0.4) is 0 Å². The third-order valence-electron chi connectivity index (χ3n) is 5.81. The third-order valence-corrected chi connectivity index (χ3v) is 6.10. The van der Waals surface area contributed by atoms with E-state index in [0.29, 0.717) is 35.5 Å². The summed E-state index contributed by atoms with van der Waals surface area (Å²) in [6, 6.07) is 11.6. The fourth-order valence-corrected chi connectivity index (χ4v) is 4.47. The van der Waals surface area contributed by atoms with Gasteiger partial charge in [0.15, 0.2) is 17.2 Å². The highest BCUT2D eigenvalue weighted by Gasteiger charge is 2.34. The van der Waals surface area contributed by atoms with Gasteiger partial charge in [-0.1, -0.05) is 35.9 Å². The van der Waals surface area contributed by atoms with Gasteiger partial charge in [-0.25, -0.2) is 24.0 Å². The highest BCUT2D eigenvalue weighted by molar-refractivity contribution is 6.31. The standard InChI is InChI=1S/C24H17ClFN5O2/c1-27-14-5-3-13(4-6-14)22-21-15(19-17(29-21)8-7-16(25)20(19)26)10-12-31(22)24-28-11-9-18(30-24)23(32)33-2/h3-9,11,22,29H,10,12H2,2H3. The zero-order valence-corrected chi connectivity index (χ0v) is 18.2. The molecule has 1 N–H and O–H groups in total. The van der Waals surface area contributed by atoms with Gasteiger partial charge in [0.1, 0.15) is 0 Å². The first kappa shape index (κ1) is 20.9. The molecular formula is C24H17ClFN5O2. The van der Waals surface area contributed by atoms with Crippen LogP contribution in [0.5, 0.6) is 0 Å². The summed E-state index contributed by atoms with van der Waals surface area (Å²) >= 11 is 6.07. The smallest absolute Gasteiger partial charge is 0.356 e. The van der Waals surface area contributed by atoms with Gasteiger partial charge in [0, 0.05) is 29.3 Å². The summed E-state index contributed by atoms with van der Waals surface area (Å²) in [5.74, 6) is -0.664. The van der Waals surface area contributed by atoms with Crippen molar-refractivity contribution in [1.82, 2.24) is 15.0 Å². The minimum atomic E-state index is -0.559. The number of carbonyl (C=O) groups is 1. The Morgan fingerprint density at radius 1 is 1.27 bits per heavy atom. The van der Waals surface area contributed by atoms with Crippen LogP contribution in [-0.4, -0.2) is 34.6 Å². The molecule has 2 aromatic carbocycles. The van der Waals surface area contributed by atoms with Crippen LogP contribution in [0.15, 0.2) is 48.7 Å². The number of aromatic nitrogens is 3. The van der Waals surface area contributed by atoms with E-state index < -0.39 is 17.8 Å². The Kier molecular flexibility index (Phi) is 5.19. The maximum Gasteiger partial charge on any atom is 0.356 e. The van der Waals surface area contributed by atoms with E-state index in [9.17, 15) is 9.18 Å². The lowest BCUT2D eigenvalue weighted by atomic mass is 9.92. The van der Waals surface area contributed by atoms with E-state index in [4.69, 9.17) is 22.9 Å². The van der Waals surface area contributed by atoms with E-state index in [1.165, 1.54) is 25.4 Å². The Bertz CT molecular complexity index is 1430. The molecule has 0 fully saturated rings. The zero-order chi connectivity index (χ0) is 23.1. The van der Waals surface area contributed by atoms with Crippen molar-refractivity contribution in [3.8, 4) is 0 Å². The number of hydrogen-bond donors (Lipinski definition) is 1. The Morgan fingerprint density at radius 2 is 2.06 bits per heavy atom. The molecule has 1 unspecified atom stereocenters. The van der Waals surface area contributed by atoms with Crippen LogP contribution in [-0.2, 0) is 11.2 Å². The summed E-state index contributed by atoms with van der Waals surface area (Å²) in [7, 11) is 1.29. The molecule has 2 aromatic heterocycles. The van der Waals surface area contributed by atoms with Gasteiger partial charge in [-0.15, -0.1) is 0 Å². The number of nitrogens with one attached hydrogen (secondary N) is 1. The number of fused-ring (bicyclic) bond motifs is 3. The number of benzene rings is 2. The van der Waals surface area contributed by atoms with Crippen molar-refractivity contribution in [2.45, 2.75) is 12.5 Å². The van der Waals surface area contributed by atoms with E-state index in [-0.39, 0.29) is 10.7 Å². The van der Waals surface area contributed by atoms with E-state index in [1.807, 2.05) is 17.0 Å². The van der Waals surface area contributed by atoms with Gasteiger partial charge in [-0.3, -0.25) is 0 Å². The molecule has 0 bridgehead atoms. The summed E-state index contributed by atoms with van der Waals surface area (Å²) in [6.07, 6.45) is 2.03. The molecule has 0 saturated carbocycles. The summed E-state index contributed by atoms with van der Waals surface area (Å²) in [5, 5.41) is 0.544. The van der Waals surface area contributed by atoms with Crippen molar-refractivity contribution < 1.29 is 13.9 Å². The van der Waals surface area contributed by atoms with Crippen molar-refractivity contribution >= 4 is 40.1 Å². The zero-order valence-electron chi connectivity index (χ0n) is 17.5. The normalized spacial score (nSPS) is 15.2. The Labute approximate surface area is 193 Å². The van der Waals surface area contributed by atoms with Crippen LogP contribution in [0, 0.1) is 12.4 Å². The Morgan fingerprint density at radius 3 is 2.79 bits per heavy atom. The SMILES string of the molecule is [C-]#[N+]c1ccc(C2c3[nH]c4ccc(Cl)c(F)c4c3CCN2c2nccc(C(=O)OC)n2)cc1. The van der Waals surface area contributed by atoms with Crippen molar-refractivity contribution in [3.63, 3.8) is 0 Å². The second-order valence-electron chi connectivity index (χ2n) is 7.58. The minimum absolute atomic E-state index is 0.0683. The first-order chi connectivity index (χ1) is 16.0. The molecular weight excluding hydrogens is 445 g/mol. The Hall–Kier alpha value is -3.96. The summed E-state index contributed by atoms with van der Waals surface area (Å²) < 4.78 is 19.8. The summed E-state index contributed by atoms with van der Waals surface area (Å²) in [6.45, 7) is 7.72. The van der Waals surface area contributed by atoms with Gasteiger partial charge in [0.2, 0.25) is 5.95 Å². The van der Waals surface area contributed by atoms with Gasteiger partial charge in [0.05, 0.1) is 24.7 Å². The van der Waals surface area contributed by atoms with Gasteiger partial charge in [-0.05, 0) is 35.7 Å². The first-order valence-electron chi connectivity index (χ1n) is 10.2. The van der Waals surface area contributed by atoms with Crippen molar-refractivity contribution in [2.75, 3.05) is 18.6 Å². The lowest BCUT2D eigenvalue weighted by Crippen LogP contribution is -2.37. The molecule has 33 heavy (non-hydrogen) atoms. The van der Waals surface area contributed by atoms with E-state index in [2.05, 4.69) is 19.8 Å². The lowest BCUT2D eigenvalue weighted by Gasteiger charge is -2.36. The van der Waals surface area contributed by atoms with E-state index >= 15 is 0 Å². The number of methoxy groups -OCH3 is 1. The average molecular weight is 462 g/mol. The van der Waals surface area contributed by atoms with Crippen LogP contribution in [0.2, 0.25) is 5.02 Å². The van der Waals surface area contributed by atoms with Crippen LogP contribution in [0.4, 0.5) is 16.0 Å². The molecule has 0 radical (unpaired) electrons. The molecule has 3 heterocycles. The molecule has 4 aromatic rings. The highest BCUT2D eigenvalue weighted by Crippen LogP contribution is 2.41. The molecule has 9 heteroatoms. The summed E-state index contributed by atoms with van der Waals surface area (Å²) in [5.41, 5.74) is 3.80. The molecule has 0 spiro atoms. The number of rotatable bonds is 3. The second kappa shape index (κ2) is 8.19. The maximum atomic E-state index is 15.0. The number of anilines is 1. The quantitative estimate of drug-likeness (QED) is 0.333. The van der Waals surface area contributed by atoms with Gasteiger partial charge >= 0.3 is 5.97 Å². The lowest BCUT2D eigenvalue weighted by molar-refractivity contribution is 0.0594. The number of nitrogens with zero attached hydrogens (tertiary/aromatic N) is 4. The fourth-order valence-electron chi connectivity index (χ4n) is 4.31. The highest BCUT2D eigenvalue weighted by atomic mass is 35.5. The predicted molar refractivity (Wildman–Crippen MR) is 122 cm³/mol. The van der Waals surface area contributed by atoms with Crippen LogP contribution in [0.25, 0.3) is 15.7 Å². The topological polar surface area (TPSA) is 75.5 Å². The summed E-state index contributed by atoms with van der Waals surface area (Å²) in [4.78, 5) is 29.6. The predicted octanol–water partition coefficient (Wildman–Crippen LogP) is 5.24. The molecule has 7 nitrogen and oxygen atoms in total. The van der Waals surface area contributed by atoms with Crippen LogP contribution >= 0.6 is 11.6 Å². The van der Waals surface area contributed by atoms with Crippen molar-refractivity contribution in [3.05, 3.63) is 93.4 Å². The van der Waals surface area contributed by atoms with Crippen molar-refractivity contribution in [2.24, 2.45) is 0 Å². The largest absolute Gasteiger partial charge is 0.464 e. The molecule has 1 atom stereocenters. The molecule has 164 valence electrons. The number of aromatic amines is 1. The number of carbonyl (C=O) groups excluding carboxylic acids is 1. The molecule has 5 rings (SSSR count). The monoisotopic (exact) mass is 461 g/mol. The molecule has 0 amide bonds. The number of esters is 1. The van der Waals surface area contributed by atoms with E-state index in [0.717, 1.165) is 16.8 Å². The maximum absolute atomic E-state index is 15.0. The van der Waals surface area contributed by atoms with E-state index in [1.54, 1.807) is 18.2 Å². The Balaban J connectivity index is 1.70. The fraction of sp³-hybridized carbons (Fsp3) is 0.167. The third kappa shape index (κ3) is 3.47. The molecule has 0 aliphatic carbocycles.